The Morgan fingerprint density at radius 2 is 1.88 bits per heavy atom. The largest absolute Gasteiger partial charge is 0.462 e. The SMILES string of the molecule is CCOC(=O)c1ccc(N2N=C(C)[C@@]3(Cc4cc(C(F)(F)F)ccc4N4CCN(c5ccccn5)C[C@H]43)C2=O)cc1. The minimum absolute atomic E-state index is 0.0784. The van der Waals surface area contributed by atoms with Gasteiger partial charge in [0.2, 0.25) is 0 Å². The standard InChI is InChI=1S/C30H28F3N5O3/c1-3-41-27(39)20-7-10-23(11-8-20)38-28(40)29(19(2)35-38)17-21-16-22(30(31,32)33)9-12-24(21)37-15-14-36(18-25(29)37)26-6-4-5-13-34-26/h4-13,16,25H,3,14-15,17-18H2,1-2H3/t25-,29+/m0/s1. The van der Waals surface area contributed by atoms with Crippen molar-refractivity contribution in [1.82, 2.24) is 4.98 Å². The van der Waals surface area contributed by atoms with Gasteiger partial charge in [0.25, 0.3) is 5.91 Å². The molecule has 0 N–H and O–H groups in total. The zero-order valence-corrected chi connectivity index (χ0v) is 22.6. The summed E-state index contributed by atoms with van der Waals surface area (Å²) in [5, 5.41) is 5.97. The molecule has 11 heteroatoms. The molecular formula is C30H28F3N5O3. The third-order valence-electron chi connectivity index (χ3n) is 8.20. The Kier molecular flexibility index (Phi) is 6.47. The van der Waals surface area contributed by atoms with E-state index in [0.717, 1.165) is 18.0 Å². The predicted octanol–water partition coefficient (Wildman–Crippen LogP) is 4.94. The van der Waals surface area contributed by atoms with Gasteiger partial charge >= 0.3 is 12.1 Å². The highest BCUT2D eigenvalue weighted by molar-refractivity contribution is 6.20. The smallest absolute Gasteiger partial charge is 0.416 e. The Balaban J connectivity index is 1.41. The van der Waals surface area contributed by atoms with Crippen LogP contribution < -0.4 is 14.8 Å². The normalized spacial score (nSPS) is 22.0. The number of esters is 1. The number of pyridine rings is 1. The fourth-order valence-electron chi connectivity index (χ4n) is 6.19. The summed E-state index contributed by atoms with van der Waals surface area (Å²) in [6, 6.07) is 15.4. The Morgan fingerprint density at radius 3 is 2.56 bits per heavy atom. The fourth-order valence-corrected chi connectivity index (χ4v) is 6.19. The van der Waals surface area contributed by atoms with E-state index in [4.69, 9.17) is 4.74 Å². The number of halogens is 3. The van der Waals surface area contributed by atoms with Crippen LogP contribution in [0.4, 0.5) is 30.4 Å². The van der Waals surface area contributed by atoms with Crippen molar-refractivity contribution < 1.29 is 27.5 Å². The first kappa shape index (κ1) is 26.8. The molecule has 6 rings (SSSR count). The van der Waals surface area contributed by atoms with Gasteiger partial charge in [0.1, 0.15) is 11.2 Å². The first-order chi connectivity index (χ1) is 19.6. The minimum atomic E-state index is -4.51. The predicted molar refractivity (Wildman–Crippen MR) is 148 cm³/mol. The van der Waals surface area contributed by atoms with E-state index in [2.05, 4.69) is 19.9 Å². The van der Waals surface area contributed by atoms with Gasteiger partial charge in [0.05, 0.1) is 35.2 Å². The van der Waals surface area contributed by atoms with E-state index in [9.17, 15) is 22.8 Å². The summed E-state index contributed by atoms with van der Waals surface area (Å²) in [4.78, 5) is 35.2. The van der Waals surface area contributed by atoms with Crippen molar-refractivity contribution in [2.75, 3.05) is 41.0 Å². The molecule has 4 heterocycles. The summed E-state index contributed by atoms with van der Waals surface area (Å²) in [6.45, 7) is 5.24. The molecule has 2 atom stereocenters. The monoisotopic (exact) mass is 563 g/mol. The highest BCUT2D eigenvalue weighted by Crippen LogP contribution is 2.49. The lowest BCUT2D eigenvalue weighted by molar-refractivity contribution is -0.137. The number of amides is 1. The first-order valence-corrected chi connectivity index (χ1v) is 13.4. The average molecular weight is 564 g/mol. The van der Waals surface area contributed by atoms with Crippen molar-refractivity contribution >= 4 is 34.8 Å². The van der Waals surface area contributed by atoms with Crippen molar-refractivity contribution in [1.29, 1.82) is 0 Å². The van der Waals surface area contributed by atoms with Crippen LogP contribution in [-0.4, -0.2) is 54.9 Å². The number of fused-ring (bicyclic) bond motifs is 4. The van der Waals surface area contributed by atoms with E-state index in [1.54, 1.807) is 44.3 Å². The number of alkyl halides is 3. The second-order valence-electron chi connectivity index (χ2n) is 10.4. The van der Waals surface area contributed by atoms with Gasteiger partial charge in [-0.15, -0.1) is 0 Å². The summed E-state index contributed by atoms with van der Waals surface area (Å²) in [5.41, 5.74) is 0.537. The molecule has 0 saturated carbocycles. The number of anilines is 3. The molecule has 3 aromatic rings. The quantitative estimate of drug-likeness (QED) is 0.419. The number of piperazine rings is 1. The van der Waals surface area contributed by atoms with E-state index in [0.29, 0.717) is 47.8 Å². The molecule has 1 fully saturated rings. The van der Waals surface area contributed by atoms with Crippen LogP contribution in [0.15, 0.2) is 72.0 Å². The average Bonchev–Trinajstić information content (AvgIpc) is 3.22. The molecule has 2 aromatic carbocycles. The van der Waals surface area contributed by atoms with E-state index < -0.39 is 29.2 Å². The second-order valence-corrected chi connectivity index (χ2v) is 10.4. The van der Waals surface area contributed by atoms with Crippen LogP contribution in [0.25, 0.3) is 0 Å². The van der Waals surface area contributed by atoms with E-state index in [-0.39, 0.29) is 18.9 Å². The van der Waals surface area contributed by atoms with Gasteiger partial charge in [-0.2, -0.15) is 23.3 Å². The topological polar surface area (TPSA) is 78.3 Å². The van der Waals surface area contributed by atoms with Crippen LogP contribution in [0.1, 0.15) is 35.3 Å². The summed E-state index contributed by atoms with van der Waals surface area (Å²) >= 11 is 0. The highest BCUT2D eigenvalue weighted by Gasteiger charge is 2.60. The molecular weight excluding hydrogens is 535 g/mol. The van der Waals surface area contributed by atoms with Gasteiger partial charge in [-0.3, -0.25) is 4.79 Å². The molecule has 3 aliphatic heterocycles. The van der Waals surface area contributed by atoms with Gasteiger partial charge in [0, 0.05) is 31.5 Å². The number of hydrogen-bond donors (Lipinski definition) is 0. The number of benzene rings is 2. The second kappa shape index (κ2) is 9.90. The van der Waals surface area contributed by atoms with Crippen molar-refractivity contribution in [3.05, 3.63) is 83.6 Å². The van der Waals surface area contributed by atoms with Crippen molar-refractivity contribution in [3.63, 3.8) is 0 Å². The number of carbonyl (C=O) groups is 2. The van der Waals surface area contributed by atoms with Crippen LogP contribution >= 0.6 is 0 Å². The van der Waals surface area contributed by atoms with Crippen LogP contribution in [0, 0.1) is 5.41 Å². The molecule has 1 amide bonds. The lowest BCUT2D eigenvalue weighted by Crippen LogP contribution is -2.67. The molecule has 212 valence electrons. The molecule has 3 aliphatic rings. The van der Waals surface area contributed by atoms with Crippen LogP contribution in [0.2, 0.25) is 0 Å². The van der Waals surface area contributed by atoms with E-state index in [1.807, 2.05) is 18.2 Å². The maximum Gasteiger partial charge on any atom is 0.416 e. The van der Waals surface area contributed by atoms with Gasteiger partial charge in [-0.1, -0.05) is 6.07 Å². The molecule has 8 nitrogen and oxygen atoms in total. The Morgan fingerprint density at radius 1 is 1.10 bits per heavy atom. The fraction of sp³-hybridized carbons (Fsp3) is 0.333. The molecule has 0 aliphatic carbocycles. The summed E-state index contributed by atoms with van der Waals surface area (Å²) in [5.74, 6) is -0.0217. The molecule has 1 saturated heterocycles. The maximum atomic E-state index is 14.4. The van der Waals surface area contributed by atoms with Crippen LogP contribution in [-0.2, 0) is 22.1 Å². The third kappa shape index (κ3) is 4.39. The molecule has 41 heavy (non-hydrogen) atoms. The summed E-state index contributed by atoms with van der Waals surface area (Å²) in [6.07, 6.45) is -2.72. The number of aromatic nitrogens is 1. The van der Waals surface area contributed by atoms with Gasteiger partial charge in [0.15, 0.2) is 0 Å². The van der Waals surface area contributed by atoms with E-state index >= 15 is 0 Å². The first-order valence-electron chi connectivity index (χ1n) is 13.4. The number of rotatable bonds is 4. The minimum Gasteiger partial charge on any atom is -0.462 e. The Bertz CT molecular complexity index is 1530. The van der Waals surface area contributed by atoms with Crippen molar-refractivity contribution in [2.24, 2.45) is 10.5 Å². The molecule has 0 radical (unpaired) electrons. The number of carbonyl (C=O) groups excluding carboxylic acids is 2. The zero-order chi connectivity index (χ0) is 28.9. The van der Waals surface area contributed by atoms with Crippen molar-refractivity contribution in [3.8, 4) is 0 Å². The summed E-state index contributed by atoms with van der Waals surface area (Å²) < 4.78 is 46.2. The highest BCUT2D eigenvalue weighted by atomic mass is 19.4. The summed E-state index contributed by atoms with van der Waals surface area (Å²) in [7, 11) is 0. The molecule has 1 aromatic heterocycles. The number of ether oxygens (including phenoxy) is 1. The van der Waals surface area contributed by atoms with E-state index in [1.165, 1.54) is 11.1 Å². The lowest BCUT2D eigenvalue weighted by atomic mass is 9.67. The Labute approximate surface area is 235 Å². The van der Waals surface area contributed by atoms with Gasteiger partial charge in [-0.05, 0) is 80.4 Å². The Hall–Kier alpha value is -4.41. The molecule has 0 unspecified atom stereocenters. The van der Waals surface area contributed by atoms with Crippen LogP contribution in [0.3, 0.4) is 0 Å². The number of hydrazone groups is 1. The molecule has 0 bridgehead atoms. The lowest BCUT2D eigenvalue weighted by Gasteiger charge is -2.53. The maximum absolute atomic E-state index is 14.4. The number of nitrogens with zero attached hydrogens (tertiary/aromatic N) is 5. The third-order valence-corrected chi connectivity index (χ3v) is 8.20. The zero-order valence-electron chi connectivity index (χ0n) is 22.6. The number of hydrogen-bond acceptors (Lipinski definition) is 7. The van der Waals surface area contributed by atoms with Crippen LogP contribution in [0.5, 0.6) is 0 Å². The van der Waals surface area contributed by atoms with Gasteiger partial charge in [-0.25, -0.2) is 9.78 Å². The molecule has 1 spiro atoms. The van der Waals surface area contributed by atoms with Crippen molar-refractivity contribution in [2.45, 2.75) is 32.5 Å². The van der Waals surface area contributed by atoms with Gasteiger partial charge < -0.3 is 14.5 Å².